The fourth-order valence-electron chi connectivity index (χ4n) is 3.13. The monoisotopic (exact) mass is 512 g/mol. The van der Waals surface area contributed by atoms with Gasteiger partial charge in [-0.15, -0.1) is 0 Å². The van der Waals surface area contributed by atoms with Crippen LogP contribution in [0.15, 0.2) is 94.5 Å². The van der Waals surface area contributed by atoms with Crippen molar-refractivity contribution in [2.24, 2.45) is 10.7 Å². The molecule has 0 aliphatic carbocycles. The molecule has 0 bridgehead atoms. The van der Waals surface area contributed by atoms with Gasteiger partial charge in [-0.05, 0) is 47.5 Å². The molecule has 0 amide bonds. The molecule has 0 aliphatic heterocycles. The average molecular weight is 512 g/mol. The Kier molecular flexibility index (Phi) is 7.11. The number of aliphatic imine (C=N–C) groups is 1. The number of nitrogens with two attached hydrogens (primary N) is 1. The van der Waals surface area contributed by atoms with Gasteiger partial charge in [0.1, 0.15) is 5.70 Å². The minimum absolute atomic E-state index is 0.0613. The molecule has 0 spiro atoms. The lowest BCUT2D eigenvalue weighted by atomic mass is 10.0. The van der Waals surface area contributed by atoms with Gasteiger partial charge in [0.25, 0.3) is 0 Å². The first-order valence-corrected chi connectivity index (χ1v) is 11.8. The highest BCUT2D eigenvalue weighted by atomic mass is 32.2. The summed E-state index contributed by atoms with van der Waals surface area (Å²) in [6.45, 7) is 0. The van der Waals surface area contributed by atoms with E-state index in [1.165, 1.54) is 42.5 Å². The van der Waals surface area contributed by atoms with E-state index in [1.54, 1.807) is 12.1 Å². The van der Waals surface area contributed by atoms with E-state index in [0.29, 0.717) is 17.2 Å². The molecule has 184 valence electrons. The topological polar surface area (TPSA) is 72.5 Å². The third-order valence-electron chi connectivity index (χ3n) is 4.84. The number of benzene rings is 3. The Hall–Kier alpha value is -3.60. The number of halogens is 6. The highest BCUT2D eigenvalue weighted by Gasteiger charge is 2.35. The molecule has 0 fully saturated rings. The van der Waals surface area contributed by atoms with Crippen LogP contribution in [0.25, 0.3) is 11.1 Å². The van der Waals surface area contributed by atoms with Gasteiger partial charge in [0.05, 0.1) is 21.9 Å². The summed E-state index contributed by atoms with van der Waals surface area (Å²) in [4.78, 5) is 4.11. The zero-order chi connectivity index (χ0) is 26.0. The lowest BCUT2D eigenvalue weighted by Crippen LogP contribution is -2.21. The van der Waals surface area contributed by atoms with Crippen LogP contribution in [0.2, 0.25) is 0 Å². The highest BCUT2D eigenvalue weighted by molar-refractivity contribution is 7.90. The number of hydrogen-bond donors (Lipinski definition) is 1. The number of rotatable bonds is 5. The van der Waals surface area contributed by atoms with Gasteiger partial charge in [-0.1, -0.05) is 42.5 Å². The van der Waals surface area contributed by atoms with Gasteiger partial charge < -0.3 is 5.73 Å². The predicted molar refractivity (Wildman–Crippen MR) is 121 cm³/mol. The van der Waals surface area contributed by atoms with Crippen LogP contribution in [0.1, 0.15) is 11.1 Å². The molecule has 3 aromatic rings. The quantitative estimate of drug-likeness (QED) is 0.322. The first-order chi connectivity index (χ1) is 16.2. The molecule has 0 aliphatic rings. The second-order valence-electron chi connectivity index (χ2n) is 7.48. The van der Waals surface area contributed by atoms with Crippen molar-refractivity contribution in [1.82, 2.24) is 0 Å². The highest BCUT2D eigenvalue weighted by Crippen LogP contribution is 2.34. The van der Waals surface area contributed by atoms with Gasteiger partial charge in [-0.2, -0.15) is 26.3 Å². The van der Waals surface area contributed by atoms with E-state index in [1.807, 2.05) is 0 Å². The molecule has 3 aromatic carbocycles. The number of nitrogens with zero attached hydrogens (tertiary/aromatic N) is 1. The molecule has 0 saturated heterocycles. The first-order valence-electron chi connectivity index (χ1n) is 9.86. The van der Waals surface area contributed by atoms with E-state index < -0.39 is 44.7 Å². The largest absolute Gasteiger partial charge is 0.430 e. The van der Waals surface area contributed by atoms with Crippen LogP contribution in [0.3, 0.4) is 0 Å². The van der Waals surface area contributed by atoms with Crippen molar-refractivity contribution in [3.05, 3.63) is 95.7 Å². The molecule has 11 heteroatoms. The number of alkyl halides is 6. The Labute approximate surface area is 197 Å². The van der Waals surface area contributed by atoms with E-state index >= 15 is 0 Å². The smallest absolute Gasteiger partial charge is 0.395 e. The van der Waals surface area contributed by atoms with E-state index in [4.69, 9.17) is 5.73 Å². The maximum absolute atomic E-state index is 13.5. The Morgan fingerprint density at radius 1 is 0.857 bits per heavy atom. The van der Waals surface area contributed by atoms with Crippen LogP contribution in [-0.2, 0) is 16.0 Å². The van der Waals surface area contributed by atoms with Crippen molar-refractivity contribution in [2.75, 3.05) is 6.26 Å². The molecule has 3 rings (SSSR count). The van der Waals surface area contributed by atoms with Crippen LogP contribution in [0.4, 0.5) is 32.0 Å². The van der Waals surface area contributed by atoms with E-state index in [9.17, 15) is 34.8 Å². The molecule has 0 heterocycles. The third kappa shape index (κ3) is 6.50. The van der Waals surface area contributed by atoms with Gasteiger partial charge >= 0.3 is 12.4 Å². The summed E-state index contributed by atoms with van der Waals surface area (Å²) < 4.78 is 103. The zero-order valence-electron chi connectivity index (χ0n) is 18.0. The van der Waals surface area contributed by atoms with E-state index in [-0.39, 0.29) is 10.6 Å². The molecular weight excluding hydrogens is 494 g/mol. The fraction of sp³-hybridized carbons (Fsp3) is 0.125. The molecular formula is C24H18F6N2O2S. The Morgan fingerprint density at radius 3 is 2.06 bits per heavy atom. The summed E-state index contributed by atoms with van der Waals surface area (Å²) in [5.74, 6) is 0. The third-order valence-corrected chi connectivity index (χ3v) is 5.95. The maximum Gasteiger partial charge on any atom is 0.430 e. The van der Waals surface area contributed by atoms with E-state index in [2.05, 4.69) is 4.99 Å². The number of allylic oxidation sites excluding steroid dienone is 2. The van der Waals surface area contributed by atoms with Gasteiger partial charge in [0.2, 0.25) is 0 Å². The Morgan fingerprint density at radius 2 is 1.49 bits per heavy atom. The summed E-state index contributed by atoms with van der Waals surface area (Å²) in [5, 5.41) is 0. The SMILES string of the molecule is CS(=O)(=O)c1cccc(-c2ccc(N=C(C=C(N)C(F)(F)F)c3ccccc3C(F)(F)F)cc2)c1. The summed E-state index contributed by atoms with van der Waals surface area (Å²) in [6.07, 6.45) is -8.40. The molecule has 0 unspecified atom stereocenters. The van der Waals surface area contributed by atoms with Crippen molar-refractivity contribution in [3.8, 4) is 11.1 Å². The number of hydrogen-bond acceptors (Lipinski definition) is 4. The number of sulfone groups is 1. The summed E-state index contributed by atoms with van der Waals surface area (Å²) in [6, 6.07) is 16.0. The van der Waals surface area contributed by atoms with Crippen molar-refractivity contribution in [2.45, 2.75) is 17.2 Å². The molecule has 4 nitrogen and oxygen atoms in total. The fourth-order valence-corrected chi connectivity index (χ4v) is 3.79. The lowest BCUT2D eigenvalue weighted by Gasteiger charge is -2.14. The molecule has 0 radical (unpaired) electrons. The second-order valence-corrected chi connectivity index (χ2v) is 9.50. The Balaban J connectivity index is 2.10. The van der Waals surface area contributed by atoms with Crippen LogP contribution in [-0.4, -0.2) is 26.6 Å². The van der Waals surface area contributed by atoms with Gasteiger partial charge in [0.15, 0.2) is 9.84 Å². The normalized spacial score (nSPS) is 13.7. The summed E-state index contributed by atoms with van der Waals surface area (Å²) >= 11 is 0. The van der Waals surface area contributed by atoms with Crippen molar-refractivity contribution in [1.29, 1.82) is 0 Å². The minimum Gasteiger partial charge on any atom is -0.395 e. The lowest BCUT2D eigenvalue weighted by molar-refractivity contribution is -0.137. The predicted octanol–water partition coefficient (Wildman–Crippen LogP) is 6.30. The molecule has 0 aromatic heterocycles. The van der Waals surface area contributed by atoms with Crippen molar-refractivity contribution in [3.63, 3.8) is 0 Å². The minimum atomic E-state index is -4.97. The van der Waals surface area contributed by atoms with Crippen LogP contribution >= 0.6 is 0 Å². The zero-order valence-corrected chi connectivity index (χ0v) is 18.8. The summed E-state index contributed by atoms with van der Waals surface area (Å²) in [7, 11) is -3.45. The van der Waals surface area contributed by atoms with Crippen molar-refractivity contribution < 1.29 is 34.8 Å². The second kappa shape index (κ2) is 9.57. The van der Waals surface area contributed by atoms with Crippen LogP contribution in [0, 0.1) is 0 Å². The van der Waals surface area contributed by atoms with Gasteiger partial charge in [-0.25, -0.2) is 13.4 Å². The van der Waals surface area contributed by atoms with Crippen LogP contribution < -0.4 is 5.73 Å². The molecule has 35 heavy (non-hydrogen) atoms. The Bertz CT molecular complexity index is 1390. The average Bonchev–Trinajstić information content (AvgIpc) is 2.77. The first kappa shape index (κ1) is 26.0. The molecule has 0 atom stereocenters. The standard InChI is InChI=1S/C24H18F6N2O2S/c1-35(33,34)18-6-4-5-16(13-18)15-9-11-17(12-10-15)32-21(14-22(31)24(28,29)30)19-7-2-3-8-20(19)23(25,26)27/h2-14H,31H2,1H3. The van der Waals surface area contributed by atoms with E-state index in [0.717, 1.165) is 24.5 Å². The molecule has 0 saturated carbocycles. The van der Waals surface area contributed by atoms with Gasteiger partial charge in [0, 0.05) is 11.8 Å². The molecule has 2 N–H and O–H groups in total. The van der Waals surface area contributed by atoms with Gasteiger partial charge in [-0.3, -0.25) is 0 Å². The summed E-state index contributed by atoms with van der Waals surface area (Å²) in [5.41, 5.74) is 2.28. The van der Waals surface area contributed by atoms with Crippen molar-refractivity contribution >= 4 is 21.2 Å². The van der Waals surface area contributed by atoms with Crippen LogP contribution in [0.5, 0.6) is 0 Å². The maximum atomic E-state index is 13.5.